The summed E-state index contributed by atoms with van der Waals surface area (Å²) in [7, 11) is 0. The lowest BCUT2D eigenvalue weighted by Gasteiger charge is -2.30. The van der Waals surface area contributed by atoms with Gasteiger partial charge in [0.2, 0.25) is 0 Å². The summed E-state index contributed by atoms with van der Waals surface area (Å²) >= 11 is 0. The molecule has 0 aromatic heterocycles. The first-order chi connectivity index (χ1) is 27.3. The van der Waals surface area contributed by atoms with E-state index in [1.165, 1.54) is 82.4 Å². The molecule has 278 valence electrons. The van der Waals surface area contributed by atoms with E-state index >= 15 is 0 Å². The highest BCUT2D eigenvalue weighted by Gasteiger charge is 2.35. The van der Waals surface area contributed by atoms with Crippen LogP contribution < -0.4 is 9.80 Å². The predicted octanol–water partition coefficient (Wildman–Crippen LogP) is 15.3. The zero-order chi connectivity index (χ0) is 38.3. The summed E-state index contributed by atoms with van der Waals surface area (Å²) < 4.78 is 0. The fraction of sp³-hybridized carbons (Fsp3) is 0.222. The minimum Gasteiger partial charge on any atom is -0.311 e. The summed E-state index contributed by atoms with van der Waals surface area (Å²) in [5.41, 5.74) is 16.3. The Morgan fingerprint density at radius 3 is 1.41 bits per heavy atom. The lowest BCUT2D eigenvalue weighted by Crippen LogP contribution is -2.19. The first-order valence-electron chi connectivity index (χ1n) is 20.5. The van der Waals surface area contributed by atoms with Gasteiger partial charge in [-0.25, -0.2) is 0 Å². The SMILES string of the molecule is CC(C)(c1ccc(N(c2ccccc2)c2ccc(C3CCCCC3)cc2)cc1)c1ccc(N(c2ccccc2)c2ccc3c(c2)-c2ccccc2C3(C)C)cc1. The highest BCUT2D eigenvalue weighted by atomic mass is 15.1. The maximum Gasteiger partial charge on any atom is 0.0468 e. The van der Waals surface area contributed by atoms with Crippen LogP contribution in [-0.4, -0.2) is 0 Å². The quantitative estimate of drug-likeness (QED) is 0.146. The van der Waals surface area contributed by atoms with Crippen LogP contribution in [0.25, 0.3) is 11.1 Å². The van der Waals surface area contributed by atoms with Gasteiger partial charge in [-0.2, -0.15) is 0 Å². The van der Waals surface area contributed by atoms with E-state index in [1.54, 1.807) is 0 Å². The summed E-state index contributed by atoms with van der Waals surface area (Å²) in [6.07, 6.45) is 6.72. The van der Waals surface area contributed by atoms with Crippen molar-refractivity contribution in [3.8, 4) is 11.1 Å². The highest BCUT2D eigenvalue weighted by molar-refractivity contribution is 5.86. The Hall–Kier alpha value is -5.86. The Balaban J connectivity index is 1.01. The van der Waals surface area contributed by atoms with E-state index in [0.717, 1.165) is 22.7 Å². The number of rotatable bonds is 9. The Kier molecular flexibility index (Phi) is 9.38. The van der Waals surface area contributed by atoms with Crippen molar-refractivity contribution in [3.63, 3.8) is 0 Å². The Morgan fingerprint density at radius 2 is 0.857 bits per heavy atom. The van der Waals surface area contributed by atoms with Crippen LogP contribution in [0.1, 0.15) is 93.5 Å². The summed E-state index contributed by atoms with van der Waals surface area (Å²) in [5.74, 6) is 0.699. The van der Waals surface area contributed by atoms with Gasteiger partial charge in [-0.3, -0.25) is 0 Å². The summed E-state index contributed by atoms with van der Waals surface area (Å²) in [6.45, 7) is 9.36. The van der Waals surface area contributed by atoms with Crippen LogP contribution in [0, 0.1) is 0 Å². The van der Waals surface area contributed by atoms with Gasteiger partial charge in [0.15, 0.2) is 0 Å². The van der Waals surface area contributed by atoms with Crippen molar-refractivity contribution in [2.24, 2.45) is 0 Å². The molecular weight excluding hydrogens is 677 g/mol. The Morgan fingerprint density at radius 1 is 0.429 bits per heavy atom. The van der Waals surface area contributed by atoms with Gasteiger partial charge in [-0.1, -0.05) is 150 Å². The molecule has 0 saturated heterocycles. The minimum atomic E-state index is -0.198. The highest BCUT2D eigenvalue weighted by Crippen LogP contribution is 2.50. The maximum absolute atomic E-state index is 2.39. The second kappa shape index (κ2) is 14.7. The second-order valence-corrected chi connectivity index (χ2v) is 16.9. The fourth-order valence-electron chi connectivity index (χ4n) is 9.45. The van der Waals surface area contributed by atoms with Crippen molar-refractivity contribution < 1.29 is 0 Å². The van der Waals surface area contributed by atoms with Crippen molar-refractivity contribution in [3.05, 3.63) is 204 Å². The van der Waals surface area contributed by atoms with Crippen molar-refractivity contribution >= 4 is 34.1 Å². The third-order valence-corrected chi connectivity index (χ3v) is 12.8. The van der Waals surface area contributed by atoms with Crippen LogP contribution in [0.5, 0.6) is 0 Å². The van der Waals surface area contributed by atoms with E-state index in [-0.39, 0.29) is 10.8 Å². The molecule has 2 aliphatic rings. The zero-order valence-electron chi connectivity index (χ0n) is 33.3. The van der Waals surface area contributed by atoms with Crippen LogP contribution in [0.2, 0.25) is 0 Å². The molecule has 0 heterocycles. The van der Waals surface area contributed by atoms with E-state index in [2.05, 4.69) is 213 Å². The number of para-hydroxylation sites is 2. The van der Waals surface area contributed by atoms with Gasteiger partial charge < -0.3 is 9.80 Å². The monoisotopic (exact) mass is 728 g/mol. The van der Waals surface area contributed by atoms with Gasteiger partial charge in [0, 0.05) is 45.0 Å². The van der Waals surface area contributed by atoms with Crippen molar-refractivity contribution in [1.29, 1.82) is 0 Å². The summed E-state index contributed by atoms with van der Waals surface area (Å²) in [5, 5.41) is 0. The van der Waals surface area contributed by atoms with Gasteiger partial charge in [0.05, 0.1) is 0 Å². The van der Waals surface area contributed by atoms with E-state index < -0.39 is 0 Å². The van der Waals surface area contributed by atoms with Gasteiger partial charge in [0.1, 0.15) is 0 Å². The second-order valence-electron chi connectivity index (χ2n) is 16.9. The minimum absolute atomic E-state index is 0.0208. The number of anilines is 6. The molecule has 0 N–H and O–H groups in total. The van der Waals surface area contributed by atoms with Crippen LogP contribution >= 0.6 is 0 Å². The Labute approximate surface area is 334 Å². The third-order valence-electron chi connectivity index (χ3n) is 12.8. The number of hydrogen-bond donors (Lipinski definition) is 0. The molecule has 0 bridgehead atoms. The number of nitrogens with zero attached hydrogens (tertiary/aromatic N) is 2. The molecule has 1 saturated carbocycles. The molecule has 2 heteroatoms. The average Bonchev–Trinajstić information content (AvgIpc) is 3.48. The first-order valence-corrected chi connectivity index (χ1v) is 20.5. The molecular formula is C54H52N2. The van der Waals surface area contributed by atoms with E-state index in [4.69, 9.17) is 0 Å². The molecule has 7 aromatic carbocycles. The summed E-state index contributed by atoms with van der Waals surface area (Å²) in [4.78, 5) is 4.77. The van der Waals surface area contributed by atoms with Crippen molar-refractivity contribution in [2.45, 2.75) is 76.5 Å². The largest absolute Gasteiger partial charge is 0.311 e. The number of fused-ring (bicyclic) bond motifs is 3. The molecule has 56 heavy (non-hydrogen) atoms. The average molecular weight is 729 g/mol. The van der Waals surface area contributed by atoms with Crippen molar-refractivity contribution in [2.75, 3.05) is 9.80 Å². The van der Waals surface area contributed by atoms with E-state index in [0.29, 0.717) is 5.92 Å². The molecule has 2 nitrogen and oxygen atoms in total. The third kappa shape index (κ3) is 6.52. The summed E-state index contributed by atoms with van der Waals surface area (Å²) in [6, 6.07) is 65.2. The number of hydrogen-bond acceptors (Lipinski definition) is 2. The molecule has 9 rings (SSSR count). The van der Waals surface area contributed by atoms with E-state index in [9.17, 15) is 0 Å². The Bertz CT molecular complexity index is 2420. The molecule has 0 spiro atoms. The van der Waals surface area contributed by atoms with Gasteiger partial charge >= 0.3 is 0 Å². The molecule has 2 aliphatic carbocycles. The smallest absolute Gasteiger partial charge is 0.0468 e. The lowest BCUT2D eigenvalue weighted by molar-refractivity contribution is 0.443. The van der Waals surface area contributed by atoms with Gasteiger partial charge in [-0.15, -0.1) is 0 Å². The molecule has 1 fully saturated rings. The molecule has 0 aliphatic heterocycles. The van der Waals surface area contributed by atoms with Crippen LogP contribution in [0.3, 0.4) is 0 Å². The number of benzene rings is 7. The lowest BCUT2D eigenvalue weighted by atomic mass is 9.78. The zero-order valence-corrected chi connectivity index (χ0v) is 33.3. The fourth-order valence-corrected chi connectivity index (χ4v) is 9.45. The predicted molar refractivity (Wildman–Crippen MR) is 238 cm³/mol. The van der Waals surface area contributed by atoms with Gasteiger partial charge in [-0.05, 0) is 131 Å². The topological polar surface area (TPSA) is 6.48 Å². The van der Waals surface area contributed by atoms with Crippen LogP contribution in [0.4, 0.5) is 34.1 Å². The standard InChI is InChI=1S/C54H52N2/c1-53(2,41-26-32-46(33-27-41)55(43-18-10-6-11-19-43)45-30-24-40(25-31-45)39-16-8-5-9-17-39)42-28-34-47(35-29-42)56(44-20-12-7-13-21-44)48-36-37-52-50(38-48)49-22-14-15-23-51(49)54(52,3)4/h6-7,10-15,18-39H,5,8-9,16-17H2,1-4H3. The molecule has 0 atom stereocenters. The maximum atomic E-state index is 2.39. The van der Waals surface area contributed by atoms with E-state index in [1.807, 2.05) is 0 Å². The molecule has 7 aromatic rings. The van der Waals surface area contributed by atoms with Crippen molar-refractivity contribution in [1.82, 2.24) is 0 Å². The first kappa shape index (κ1) is 35.8. The normalized spacial score (nSPS) is 14.9. The molecule has 0 unspecified atom stereocenters. The van der Waals surface area contributed by atoms with Crippen LogP contribution in [-0.2, 0) is 10.8 Å². The van der Waals surface area contributed by atoms with Gasteiger partial charge in [0.25, 0.3) is 0 Å². The molecule has 0 amide bonds. The molecule has 0 radical (unpaired) electrons. The van der Waals surface area contributed by atoms with Crippen LogP contribution in [0.15, 0.2) is 176 Å².